The highest BCUT2D eigenvalue weighted by atomic mass is 32.1. The number of thiazole rings is 1. The highest BCUT2D eigenvalue weighted by molar-refractivity contribution is 7.15. The van der Waals surface area contributed by atoms with Crippen LogP contribution in [0, 0.1) is 6.92 Å². The zero-order valence-electron chi connectivity index (χ0n) is 13.2. The number of benzene rings is 1. The van der Waals surface area contributed by atoms with Crippen molar-refractivity contribution in [2.75, 3.05) is 26.2 Å². The van der Waals surface area contributed by atoms with Crippen LogP contribution in [0.15, 0.2) is 18.3 Å². The molecule has 2 aromatic rings. The van der Waals surface area contributed by atoms with Crippen molar-refractivity contribution < 1.29 is 22.6 Å². The van der Waals surface area contributed by atoms with Crippen LogP contribution in [0.1, 0.15) is 16.0 Å². The number of nitrogens with zero attached hydrogens (tertiary/aromatic N) is 2. The topological polar surface area (TPSA) is 34.6 Å². The maximum Gasteiger partial charge on any atom is 0.427 e. The average Bonchev–Trinajstić information content (AvgIpc) is 2.98. The van der Waals surface area contributed by atoms with Crippen LogP contribution in [-0.2, 0) is 12.7 Å². The number of aryl methyl sites for hydroxylation is 1. The van der Waals surface area contributed by atoms with Crippen LogP contribution >= 0.6 is 11.3 Å². The van der Waals surface area contributed by atoms with E-state index < -0.39 is 11.1 Å². The minimum Gasteiger partial charge on any atom is -0.493 e. The number of alkyl halides is 3. The molecule has 2 rings (SSSR count). The Morgan fingerprint density at radius 1 is 1.17 bits per heavy atom. The number of halogens is 3. The summed E-state index contributed by atoms with van der Waals surface area (Å²) in [6.07, 6.45) is -3.51. The summed E-state index contributed by atoms with van der Waals surface area (Å²) in [4.78, 5) is 4.82. The van der Waals surface area contributed by atoms with Gasteiger partial charge in [-0.25, -0.2) is 4.98 Å². The Morgan fingerprint density at radius 2 is 1.78 bits per heavy atom. The van der Waals surface area contributed by atoms with E-state index in [1.54, 1.807) is 19.1 Å². The molecule has 1 aromatic heterocycles. The van der Waals surface area contributed by atoms with Gasteiger partial charge in [-0.3, -0.25) is 0 Å². The van der Waals surface area contributed by atoms with Crippen molar-refractivity contribution in [3.8, 4) is 11.5 Å². The molecule has 1 aromatic carbocycles. The molecule has 0 aliphatic rings. The Morgan fingerprint density at radius 3 is 2.30 bits per heavy atom. The summed E-state index contributed by atoms with van der Waals surface area (Å²) in [5, 5.41) is 0.312. The average molecular weight is 346 g/mol. The lowest BCUT2D eigenvalue weighted by molar-refractivity contribution is -0.134. The Labute approximate surface area is 136 Å². The molecule has 0 aliphatic carbocycles. The fraction of sp³-hybridized carbons (Fsp3) is 0.400. The lowest BCUT2D eigenvalue weighted by Crippen LogP contribution is -2.17. The summed E-state index contributed by atoms with van der Waals surface area (Å²) in [6, 6.07) is 3.66. The molecule has 0 fully saturated rings. The molecule has 0 atom stereocenters. The van der Waals surface area contributed by atoms with Crippen molar-refractivity contribution in [3.05, 3.63) is 34.3 Å². The fourth-order valence-electron chi connectivity index (χ4n) is 2.09. The number of hydrogen-bond acceptors (Lipinski definition) is 5. The number of aromatic nitrogens is 1. The third kappa shape index (κ3) is 3.87. The number of anilines is 1. The summed E-state index contributed by atoms with van der Waals surface area (Å²) < 4.78 is 48.5. The summed E-state index contributed by atoms with van der Waals surface area (Å²) in [5.74, 6) is 1.20. The van der Waals surface area contributed by atoms with Gasteiger partial charge in [-0.1, -0.05) is 11.3 Å². The molecule has 4 nitrogen and oxygen atoms in total. The zero-order chi connectivity index (χ0) is 17.2. The minimum atomic E-state index is -4.37. The third-order valence-corrected chi connectivity index (χ3v) is 4.51. The SMILES string of the molecule is COc1cc(C)c(CN(C)c2ncc(C(F)(F)F)s2)cc1OC. The molecule has 0 saturated heterocycles. The first-order chi connectivity index (χ1) is 10.8. The third-order valence-electron chi connectivity index (χ3n) is 3.35. The van der Waals surface area contributed by atoms with Crippen LogP contribution in [-0.4, -0.2) is 26.3 Å². The van der Waals surface area contributed by atoms with E-state index in [4.69, 9.17) is 9.47 Å². The van der Waals surface area contributed by atoms with Gasteiger partial charge in [0.25, 0.3) is 0 Å². The van der Waals surface area contributed by atoms with Gasteiger partial charge in [0.2, 0.25) is 0 Å². The summed E-state index contributed by atoms with van der Waals surface area (Å²) in [6.45, 7) is 2.32. The van der Waals surface area contributed by atoms with Crippen LogP contribution in [0.2, 0.25) is 0 Å². The van der Waals surface area contributed by atoms with Gasteiger partial charge in [-0.05, 0) is 30.2 Å². The minimum absolute atomic E-state index is 0.312. The Balaban J connectivity index is 2.23. The lowest BCUT2D eigenvalue weighted by Gasteiger charge is -2.19. The molecule has 0 N–H and O–H groups in total. The van der Waals surface area contributed by atoms with E-state index in [1.165, 1.54) is 7.11 Å². The van der Waals surface area contributed by atoms with Gasteiger partial charge >= 0.3 is 6.18 Å². The van der Waals surface area contributed by atoms with Crippen LogP contribution < -0.4 is 14.4 Å². The highest BCUT2D eigenvalue weighted by Crippen LogP contribution is 2.37. The maximum absolute atomic E-state index is 12.7. The quantitative estimate of drug-likeness (QED) is 0.816. The van der Waals surface area contributed by atoms with Crippen molar-refractivity contribution in [2.45, 2.75) is 19.6 Å². The summed E-state index contributed by atoms with van der Waals surface area (Å²) in [5.41, 5.74) is 1.89. The van der Waals surface area contributed by atoms with E-state index in [2.05, 4.69) is 4.98 Å². The summed E-state index contributed by atoms with van der Waals surface area (Å²) in [7, 11) is 4.80. The zero-order valence-corrected chi connectivity index (χ0v) is 14.0. The standard InChI is InChI=1S/C15H17F3N2O2S/c1-9-5-11(21-3)12(22-4)6-10(9)8-20(2)14-19-7-13(23-14)15(16,17)18/h5-7H,8H2,1-4H3. The van der Waals surface area contributed by atoms with Crippen molar-refractivity contribution in [1.82, 2.24) is 4.98 Å². The second-order valence-corrected chi connectivity index (χ2v) is 6.00. The maximum atomic E-state index is 12.7. The van der Waals surface area contributed by atoms with Crippen molar-refractivity contribution in [2.24, 2.45) is 0 Å². The van der Waals surface area contributed by atoms with Crippen molar-refractivity contribution in [3.63, 3.8) is 0 Å². The molecule has 23 heavy (non-hydrogen) atoms. The molecule has 0 amide bonds. The van der Waals surface area contributed by atoms with E-state index >= 15 is 0 Å². The van der Waals surface area contributed by atoms with Gasteiger partial charge in [-0.2, -0.15) is 13.2 Å². The largest absolute Gasteiger partial charge is 0.493 e. The summed E-state index contributed by atoms with van der Waals surface area (Å²) >= 11 is 0.625. The first-order valence-electron chi connectivity index (χ1n) is 6.72. The van der Waals surface area contributed by atoms with E-state index in [9.17, 15) is 13.2 Å². The first kappa shape index (κ1) is 17.4. The van der Waals surface area contributed by atoms with Gasteiger partial charge in [0, 0.05) is 13.6 Å². The number of rotatable bonds is 5. The second-order valence-electron chi connectivity index (χ2n) is 4.99. The first-order valence-corrected chi connectivity index (χ1v) is 7.53. The number of hydrogen-bond donors (Lipinski definition) is 0. The number of ether oxygens (including phenoxy) is 2. The van der Waals surface area contributed by atoms with Crippen molar-refractivity contribution >= 4 is 16.5 Å². The van der Waals surface area contributed by atoms with Gasteiger partial charge in [-0.15, -0.1) is 0 Å². The molecule has 1 heterocycles. The van der Waals surface area contributed by atoms with Gasteiger partial charge in [0.05, 0.1) is 20.4 Å². The molecule has 8 heteroatoms. The second kappa shape index (κ2) is 6.66. The monoisotopic (exact) mass is 346 g/mol. The molecule has 0 unspecified atom stereocenters. The highest BCUT2D eigenvalue weighted by Gasteiger charge is 2.33. The van der Waals surface area contributed by atoms with E-state index in [0.717, 1.165) is 17.3 Å². The molecular formula is C15H17F3N2O2S. The smallest absolute Gasteiger partial charge is 0.427 e. The lowest BCUT2D eigenvalue weighted by atomic mass is 10.1. The molecule has 0 aliphatic heterocycles. The van der Waals surface area contributed by atoms with E-state index in [1.807, 2.05) is 19.1 Å². The van der Waals surface area contributed by atoms with Crippen LogP contribution in [0.4, 0.5) is 18.3 Å². The van der Waals surface area contributed by atoms with Crippen LogP contribution in [0.25, 0.3) is 0 Å². The molecule has 0 bridgehead atoms. The normalized spacial score (nSPS) is 11.4. The Kier molecular flexibility index (Phi) is 5.03. The molecule has 0 radical (unpaired) electrons. The molecular weight excluding hydrogens is 329 g/mol. The predicted molar refractivity (Wildman–Crippen MR) is 83.5 cm³/mol. The molecule has 0 spiro atoms. The van der Waals surface area contributed by atoms with Crippen LogP contribution in [0.5, 0.6) is 11.5 Å². The molecule has 0 saturated carbocycles. The van der Waals surface area contributed by atoms with E-state index in [0.29, 0.717) is 34.5 Å². The van der Waals surface area contributed by atoms with Gasteiger partial charge in [0.15, 0.2) is 16.6 Å². The van der Waals surface area contributed by atoms with Crippen molar-refractivity contribution in [1.29, 1.82) is 0 Å². The predicted octanol–water partition coefficient (Wildman–Crippen LogP) is 4.12. The molecule has 126 valence electrons. The van der Waals surface area contributed by atoms with Gasteiger partial charge < -0.3 is 14.4 Å². The Hall–Kier alpha value is -1.96. The van der Waals surface area contributed by atoms with Crippen LogP contribution in [0.3, 0.4) is 0 Å². The number of methoxy groups -OCH3 is 2. The van der Waals surface area contributed by atoms with Gasteiger partial charge in [0.1, 0.15) is 4.88 Å². The fourth-order valence-corrected chi connectivity index (χ4v) is 2.83. The Bertz CT molecular complexity index is 686. The van der Waals surface area contributed by atoms with E-state index in [-0.39, 0.29) is 0 Å².